The molecule has 1 unspecified atom stereocenters. The second kappa shape index (κ2) is 7.29. The second-order valence-corrected chi connectivity index (χ2v) is 6.57. The number of likely N-dealkylation sites (tertiary alicyclic amines) is 1. The number of carbonyl (C=O) groups is 1. The lowest BCUT2D eigenvalue weighted by Crippen LogP contribution is -2.46. The standard InChI is InChI=1S/C16H26N4O3/c21-11-8-13-6-3-5-9-18(13)15(22)12-20-16(23)19-10-4-1-2-7-14(19)17-20/h13,21H,1-12H2. The molecule has 3 rings (SSSR count). The number of carbonyl (C=O) groups excluding carboxylic acids is 1. The number of amides is 1. The Kier molecular flexibility index (Phi) is 5.15. The molecular weight excluding hydrogens is 296 g/mol. The molecule has 1 N–H and O–H groups in total. The van der Waals surface area contributed by atoms with Gasteiger partial charge in [-0.2, -0.15) is 5.10 Å². The van der Waals surface area contributed by atoms with Crippen LogP contribution in [-0.2, 0) is 24.3 Å². The van der Waals surface area contributed by atoms with Gasteiger partial charge in [0.05, 0.1) is 0 Å². The molecule has 0 radical (unpaired) electrons. The summed E-state index contributed by atoms with van der Waals surface area (Å²) in [4.78, 5) is 26.9. The third kappa shape index (κ3) is 3.49. The van der Waals surface area contributed by atoms with Crippen LogP contribution in [0, 0.1) is 0 Å². The Balaban J connectivity index is 1.73. The summed E-state index contributed by atoms with van der Waals surface area (Å²) in [6.07, 6.45) is 7.61. The number of hydrogen-bond donors (Lipinski definition) is 1. The fraction of sp³-hybridized carbons (Fsp3) is 0.812. The van der Waals surface area contributed by atoms with Gasteiger partial charge in [0.25, 0.3) is 0 Å². The maximum absolute atomic E-state index is 12.6. The van der Waals surface area contributed by atoms with E-state index < -0.39 is 0 Å². The molecule has 0 aliphatic carbocycles. The number of aliphatic hydroxyl groups is 1. The summed E-state index contributed by atoms with van der Waals surface area (Å²) in [5, 5.41) is 13.6. The summed E-state index contributed by atoms with van der Waals surface area (Å²) >= 11 is 0. The minimum absolute atomic E-state index is 0.0146. The molecule has 1 amide bonds. The zero-order valence-electron chi connectivity index (χ0n) is 13.6. The fourth-order valence-corrected chi connectivity index (χ4v) is 3.73. The third-order valence-corrected chi connectivity index (χ3v) is 4.98. The van der Waals surface area contributed by atoms with Crippen molar-refractivity contribution in [1.82, 2.24) is 19.2 Å². The van der Waals surface area contributed by atoms with Gasteiger partial charge < -0.3 is 10.0 Å². The van der Waals surface area contributed by atoms with Gasteiger partial charge >= 0.3 is 5.69 Å². The van der Waals surface area contributed by atoms with E-state index in [1.165, 1.54) is 4.68 Å². The van der Waals surface area contributed by atoms with Gasteiger partial charge in [-0.3, -0.25) is 9.36 Å². The maximum Gasteiger partial charge on any atom is 0.346 e. The summed E-state index contributed by atoms with van der Waals surface area (Å²) in [7, 11) is 0. The number of fused-ring (bicyclic) bond motifs is 1. The van der Waals surface area contributed by atoms with Crippen molar-refractivity contribution in [3.05, 3.63) is 16.3 Å². The molecule has 1 aromatic rings. The first-order valence-corrected chi connectivity index (χ1v) is 8.77. The number of rotatable bonds is 4. The van der Waals surface area contributed by atoms with Crippen LogP contribution >= 0.6 is 0 Å². The molecule has 128 valence electrons. The highest BCUT2D eigenvalue weighted by Gasteiger charge is 2.27. The van der Waals surface area contributed by atoms with E-state index in [4.69, 9.17) is 0 Å². The van der Waals surface area contributed by atoms with Crippen molar-refractivity contribution in [2.24, 2.45) is 0 Å². The van der Waals surface area contributed by atoms with Gasteiger partial charge in [-0.1, -0.05) is 6.42 Å². The van der Waals surface area contributed by atoms with Crippen LogP contribution in [0.3, 0.4) is 0 Å². The average molecular weight is 322 g/mol. The number of piperidine rings is 1. The van der Waals surface area contributed by atoms with Gasteiger partial charge in [0.2, 0.25) is 5.91 Å². The molecule has 23 heavy (non-hydrogen) atoms. The van der Waals surface area contributed by atoms with Crippen molar-refractivity contribution < 1.29 is 9.90 Å². The lowest BCUT2D eigenvalue weighted by Gasteiger charge is -2.35. The molecule has 1 atom stereocenters. The summed E-state index contributed by atoms with van der Waals surface area (Å²) in [6.45, 7) is 1.53. The molecular formula is C16H26N4O3. The maximum atomic E-state index is 12.6. The first kappa shape index (κ1) is 16.2. The molecule has 0 spiro atoms. The lowest BCUT2D eigenvalue weighted by atomic mass is 9.99. The Morgan fingerprint density at radius 1 is 1.17 bits per heavy atom. The monoisotopic (exact) mass is 322 g/mol. The van der Waals surface area contributed by atoms with Crippen LogP contribution in [0.15, 0.2) is 4.79 Å². The fourth-order valence-electron chi connectivity index (χ4n) is 3.73. The SMILES string of the molecule is O=C(Cn1nc2n(c1=O)CCCCC2)N1CCCCC1CCO. The van der Waals surface area contributed by atoms with Gasteiger partial charge in [0, 0.05) is 32.2 Å². The Labute approximate surface area is 135 Å². The van der Waals surface area contributed by atoms with Gasteiger partial charge in [-0.15, -0.1) is 0 Å². The van der Waals surface area contributed by atoms with Crippen LogP contribution in [0.1, 0.15) is 50.8 Å². The summed E-state index contributed by atoms with van der Waals surface area (Å²) in [5.41, 5.74) is -0.161. The second-order valence-electron chi connectivity index (χ2n) is 6.57. The van der Waals surface area contributed by atoms with Gasteiger partial charge in [0.15, 0.2) is 0 Å². The minimum atomic E-state index is -0.161. The largest absolute Gasteiger partial charge is 0.396 e. The summed E-state index contributed by atoms with van der Waals surface area (Å²) < 4.78 is 3.05. The van der Waals surface area contributed by atoms with Crippen molar-refractivity contribution in [3.63, 3.8) is 0 Å². The third-order valence-electron chi connectivity index (χ3n) is 4.98. The Morgan fingerprint density at radius 3 is 2.83 bits per heavy atom. The van der Waals surface area contributed by atoms with Crippen LogP contribution < -0.4 is 5.69 Å². The number of nitrogens with zero attached hydrogens (tertiary/aromatic N) is 4. The highest BCUT2D eigenvalue weighted by atomic mass is 16.3. The highest BCUT2D eigenvalue weighted by molar-refractivity contribution is 5.76. The Morgan fingerprint density at radius 2 is 2.00 bits per heavy atom. The molecule has 7 nitrogen and oxygen atoms in total. The number of aryl methyl sites for hydroxylation is 1. The predicted molar refractivity (Wildman–Crippen MR) is 85.1 cm³/mol. The summed E-state index contributed by atoms with van der Waals surface area (Å²) in [6, 6.07) is 0.0948. The Hall–Kier alpha value is -1.63. The molecule has 0 saturated carbocycles. The normalized spacial score (nSPS) is 21.8. The number of aliphatic hydroxyl groups excluding tert-OH is 1. The van der Waals surface area contributed by atoms with E-state index in [9.17, 15) is 14.7 Å². The van der Waals surface area contributed by atoms with E-state index >= 15 is 0 Å². The molecule has 2 aliphatic rings. The first-order chi connectivity index (χ1) is 11.2. The Bertz CT molecular complexity index is 605. The molecule has 2 aliphatic heterocycles. The number of hydrogen-bond acceptors (Lipinski definition) is 4. The topological polar surface area (TPSA) is 80.4 Å². The molecule has 7 heteroatoms. The molecule has 1 aromatic heterocycles. The molecule has 0 aromatic carbocycles. The smallest absolute Gasteiger partial charge is 0.346 e. The molecule has 3 heterocycles. The highest BCUT2D eigenvalue weighted by Crippen LogP contribution is 2.20. The van der Waals surface area contributed by atoms with E-state index in [2.05, 4.69) is 5.10 Å². The van der Waals surface area contributed by atoms with Crippen LogP contribution in [-0.4, -0.2) is 49.5 Å². The molecule has 1 fully saturated rings. The van der Waals surface area contributed by atoms with Gasteiger partial charge in [-0.05, 0) is 38.5 Å². The van der Waals surface area contributed by atoms with Gasteiger partial charge in [-0.25, -0.2) is 9.48 Å². The molecule has 0 bridgehead atoms. The van der Waals surface area contributed by atoms with Crippen molar-refractivity contribution >= 4 is 5.91 Å². The van der Waals surface area contributed by atoms with E-state index in [0.717, 1.165) is 50.8 Å². The van der Waals surface area contributed by atoms with Crippen molar-refractivity contribution in [2.45, 2.75) is 70.5 Å². The lowest BCUT2D eigenvalue weighted by molar-refractivity contribution is -0.136. The van der Waals surface area contributed by atoms with E-state index in [1.807, 2.05) is 4.90 Å². The average Bonchev–Trinajstić information content (AvgIpc) is 2.73. The van der Waals surface area contributed by atoms with Crippen molar-refractivity contribution in [1.29, 1.82) is 0 Å². The minimum Gasteiger partial charge on any atom is -0.396 e. The predicted octanol–water partition coefficient (Wildman–Crippen LogP) is 0.535. The van der Waals surface area contributed by atoms with Crippen LogP contribution in [0.4, 0.5) is 0 Å². The van der Waals surface area contributed by atoms with Crippen LogP contribution in [0.2, 0.25) is 0 Å². The number of aromatic nitrogens is 3. The van der Waals surface area contributed by atoms with E-state index in [0.29, 0.717) is 19.5 Å². The molecule has 1 saturated heterocycles. The van der Waals surface area contributed by atoms with Gasteiger partial charge in [0.1, 0.15) is 12.4 Å². The van der Waals surface area contributed by atoms with Crippen LogP contribution in [0.25, 0.3) is 0 Å². The van der Waals surface area contributed by atoms with Crippen LogP contribution in [0.5, 0.6) is 0 Å². The van der Waals surface area contributed by atoms with Crippen molar-refractivity contribution in [2.75, 3.05) is 13.2 Å². The van der Waals surface area contributed by atoms with E-state index in [-0.39, 0.29) is 30.8 Å². The van der Waals surface area contributed by atoms with Crippen molar-refractivity contribution in [3.8, 4) is 0 Å². The summed E-state index contributed by atoms with van der Waals surface area (Å²) in [5.74, 6) is 0.754. The zero-order chi connectivity index (χ0) is 16.2. The first-order valence-electron chi connectivity index (χ1n) is 8.77. The van der Waals surface area contributed by atoms with E-state index in [1.54, 1.807) is 4.57 Å². The zero-order valence-corrected chi connectivity index (χ0v) is 13.6. The quantitative estimate of drug-likeness (QED) is 0.877.